The van der Waals surface area contributed by atoms with E-state index < -0.39 is 6.10 Å². The molecule has 0 radical (unpaired) electrons. The lowest BCUT2D eigenvalue weighted by atomic mass is 10.1. The molecule has 66 heavy (non-hydrogen) atoms. The van der Waals surface area contributed by atoms with Gasteiger partial charge in [0.2, 0.25) is 0 Å². The zero-order valence-electron chi connectivity index (χ0n) is 43.2. The van der Waals surface area contributed by atoms with Crippen LogP contribution in [-0.2, 0) is 28.6 Å². The average molecular weight is 919 g/mol. The Morgan fingerprint density at radius 1 is 0.318 bits per heavy atom. The number of hydrogen-bond acceptors (Lipinski definition) is 6. The molecule has 6 heteroatoms. The van der Waals surface area contributed by atoms with Crippen LogP contribution in [0.1, 0.15) is 258 Å². The minimum atomic E-state index is -0.789. The number of hydrogen-bond donors (Lipinski definition) is 0. The summed E-state index contributed by atoms with van der Waals surface area (Å²) in [7, 11) is 0. The van der Waals surface area contributed by atoms with Gasteiger partial charge in [-0.2, -0.15) is 0 Å². The lowest BCUT2D eigenvalue weighted by Crippen LogP contribution is -2.30. The van der Waals surface area contributed by atoms with Crippen molar-refractivity contribution in [1.82, 2.24) is 0 Å². The van der Waals surface area contributed by atoms with E-state index >= 15 is 0 Å². The van der Waals surface area contributed by atoms with Crippen LogP contribution in [0.15, 0.2) is 85.1 Å². The minimum absolute atomic E-state index is 0.0869. The van der Waals surface area contributed by atoms with Crippen LogP contribution >= 0.6 is 0 Å². The van der Waals surface area contributed by atoms with Gasteiger partial charge in [-0.1, -0.05) is 228 Å². The zero-order valence-corrected chi connectivity index (χ0v) is 43.2. The molecule has 0 aliphatic heterocycles. The van der Waals surface area contributed by atoms with E-state index in [2.05, 4.69) is 106 Å². The number of carbonyl (C=O) groups is 3. The van der Waals surface area contributed by atoms with E-state index in [-0.39, 0.29) is 31.1 Å². The molecule has 0 saturated heterocycles. The predicted molar refractivity (Wildman–Crippen MR) is 284 cm³/mol. The summed E-state index contributed by atoms with van der Waals surface area (Å²) in [5.41, 5.74) is 0. The number of esters is 3. The van der Waals surface area contributed by atoms with Gasteiger partial charge in [0.15, 0.2) is 6.10 Å². The molecule has 0 amide bonds. The second kappa shape index (κ2) is 54.2. The van der Waals surface area contributed by atoms with Gasteiger partial charge in [0.05, 0.1) is 0 Å². The van der Waals surface area contributed by atoms with Crippen molar-refractivity contribution in [2.24, 2.45) is 0 Å². The summed E-state index contributed by atoms with van der Waals surface area (Å²) in [5, 5.41) is 0. The molecular formula is C60H102O6. The number of ether oxygens (including phenoxy) is 3. The van der Waals surface area contributed by atoms with E-state index in [1.165, 1.54) is 96.3 Å². The molecule has 0 rings (SSSR count). The highest BCUT2D eigenvalue weighted by atomic mass is 16.6. The monoisotopic (exact) mass is 919 g/mol. The van der Waals surface area contributed by atoms with E-state index in [1.54, 1.807) is 0 Å². The van der Waals surface area contributed by atoms with Crippen LogP contribution in [0.4, 0.5) is 0 Å². The summed E-state index contributed by atoms with van der Waals surface area (Å²) in [6.45, 7) is 6.48. The number of rotatable bonds is 49. The first-order valence-electron chi connectivity index (χ1n) is 27.6. The van der Waals surface area contributed by atoms with E-state index in [0.29, 0.717) is 19.3 Å². The molecule has 0 spiro atoms. The van der Waals surface area contributed by atoms with Crippen molar-refractivity contribution in [3.8, 4) is 0 Å². The first-order valence-corrected chi connectivity index (χ1v) is 27.6. The number of unbranched alkanes of at least 4 members (excludes halogenated alkanes) is 24. The lowest BCUT2D eigenvalue weighted by molar-refractivity contribution is -0.167. The smallest absolute Gasteiger partial charge is 0.306 e. The molecule has 0 N–H and O–H groups in total. The summed E-state index contributed by atoms with van der Waals surface area (Å²) >= 11 is 0. The third kappa shape index (κ3) is 51.6. The van der Waals surface area contributed by atoms with Gasteiger partial charge in [0.1, 0.15) is 13.2 Å². The topological polar surface area (TPSA) is 78.9 Å². The maximum absolute atomic E-state index is 12.8. The van der Waals surface area contributed by atoms with Gasteiger partial charge in [-0.25, -0.2) is 0 Å². The van der Waals surface area contributed by atoms with E-state index in [1.807, 2.05) is 0 Å². The lowest BCUT2D eigenvalue weighted by Gasteiger charge is -2.18. The molecule has 1 unspecified atom stereocenters. The Labute approximate surface area is 407 Å². The summed E-state index contributed by atoms with van der Waals surface area (Å²) in [6.07, 6.45) is 70.0. The summed E-state index contributed by atoms with van der Waals surface area (Å²) in [5.74, 6) is -0.921. The second-order valence-electron chi connectivity index (χ2n) is 18.1. The summed E-state index contributed by atoms with van der Waals surface area (Å²) in [6, 6.07) is 0. The predicted octanol–water partition coefficient (Wildman–Crippen LogP) is 18.4. The van der Waals surface area contributed by atoms with Crippen LogP contribution in [-0.4, -0.2) is 37.2 Å². The molecule has 0 aromatic carbocycles. The Kier molecular flexibility index (Phi) is 51.4. The second-order valence-corrected chi connectivity index (χ2v) is 18.1. The number of allylic oxidation sites excluding steroid dienone is 14. The van der Waals surface area contributed by atoms with Gasteiger partial charge in [0.25, 0.3) is 0 Å². The molecule has 0 aliphatic rings. The van der Waals surface area contributed by atoms with Crippen molar-refractivity contribution >= 4 is 17.9 Å². The van der Waals surface area contributed by atoms with Gasteiger partial charge < -0.3 is 14.2 Å². The van der Waals surface area contributed by atoms with Crippen LogP contribution in [0.2, 0.25) is 0 Å². The Hall–Kier alpha value is -3.41. The third-order valence-corrected chi connectivity index (χ3v) is 11.6. The average Bonchev–Trinajstić information content (AvgIpc) is 3.31. The van der Waals surface area contributed by atoms with Crippen molar-refractivity contribution in [2.75, 3.05) is 13.2 Å². The highest BCUT2D eigenvalue weighted by Gasteiger charge is 2.19. The quantitative estimate of drug-likeness (QED) is 0.0262. The van der Waals surface area contributed by atoms with Gasteiger partial charge in [-0.3, -0.25) is 14.4 Å². The van der Waals surface area contributed by atoms with Gasteiger partial charge in [0, 0.05) is 19.3 Å². The van der Waals surface area contributed by atoms with Crippen LogP contribution in [0, 0.1) is 0 Å². The fourth-order valence-corrected chi connectivity index (χ4v) is 7.50. The Morgan fingerprint density at radius 2 is 0.591 bits per heavy atom. The third-order valence-electron chi connectivity index (χ3n) is 11.6. The van der Waals surface area contributed by atoms with Crippen molar-refractivity contribution in [3.63, 3.8) is 0 Å². The van der Waals surface area contributed by atoms with Crippen LogP contribution in [0.5, 0.6) is 0 Å². The maximum atomic E-state index is 12.8. The molecule has 0 fully saturated rings. The van der Waals surface area contributed by atoms with Crippen LogP contribution in [0.3, 0.4) is 0 Å². The fourth-order valence-electron chi connectivity index (χ4n) is 7.50. The minimum Gasteiger partial charge on any atom is -0.462 e. The van der Waals surface area contributed by atoms with Crippen molar-refractivity contribution < 1.29 is 28.6 Å². The highest BCUT2D eigenvalue weighted by molar-refractivity contribution is 5.71. The molecule has 0 saturated carbocycles. The van der Waals surface area contributed by atoms with E-state index in [4.69, 9.17) is 14.2 Å². The standard InChI is InChI=1S/C60H102O6/c1-4-7-10-13-16-19-21-23-25-27-28-29-30-31-32-33-35-36-38-41-44-47-50-53-59(62)65-56-57(55-64-58(61)52-49-46-43-40-18-15-12-9-6-3)66-60(63)54-51-48-45-42-39-37-34-26-24-22-20-17-14-11-8-5-2/h7,10,16,19,23,25-26,28-29,31-32,34-36,57H,4-6,8-9,11-15,17-18,20-22,24,27,30,33,37-56H2,1-3H3/b10-7-,19-16-,25-23-,29-28-,32-31-,34-26-,36-35-. The Morgan fingerprint density at radius 3 is 0.939 bits per heavy atom. The zero-order chi connectivity index (χ0) is 47.9. The van der Waals surface area contributed by atoms with E-state index in [9.17, 15) is 14.4 Å². The molecule has 0 bridgehead atoms. The van der Waals surface area contributed by atoms with Crippen LogP contribution in [0.25, 0.3) is 0 Å². The maximum Gasteiger partial charge on any atom is 0.306 e. The Bertz CT molecular complexity index is 1290. The summed E-state index contributed by atoms with van der Waals surface area (Å²) in [4.78, 5) is 38.0. The normalized spacial score (nSPS) is 12.7. The molecule has 0 aliphatic carbocycles. The SMILES string of the molecule is CC/C=C\C/C=C\C/C=C\C/C=C\C/C=C\C/C=C\CCCCCCC(=O)OCC(COC(=O)CCCCCCCCCCC)OC(=O)CCCCCCC/C=C\CCCCCCCCC. The number of carbonyl (C=O) groups excluding carboxylic acids is 3. The molecule has 1 atom stereocenters. The first-order chi connectivity index (χ1) is 32.5. The Balaban J connectivity index is 4.35. The largest absolute Gasteiger partial charge is 0.462 e. The molecular weight excluding hydrogens is 817 g/mol. The van der Waals surface area contributed by atoms with Crippen molar-refractivity contribution in [2.45, 2.75) is 264 Å². The first kappa shape index (κ1) is 62.6. The molecule has 378 valence electrons. The van der Waals surface area contributed by atoms with Gasteiger partial charge >= 0.3 is 17.9 Å². The van der Waals surface area contributed by atoms with E-state index in [0.717, 1.165) is 122 Å². The van der Waals surface area contributed by atoms with Crippen molar-refractivity contribution in [3.05, 3.63) is 85.1 Å². The molecule has 0 aromatic heterocycles. The van der Waals surface area contributed by atoms with Crippen molar-refractivity contribution in [1.29, 1.82) is 0 Å². The fraction of sp³-hybridized carbons (Fsp3) is 0.717. The van der Waals surface area contributed by atoms with Gasteiger partial charge in [-0.05, 0) is 96.3 Å². The molecule has 6 nitrogen and oxygen atoms in total. The summed E-state index contributed by atoms with van der Waals surface area (Å²) < 4.78 is 16.8. The van der Waals surface area contributed by atoms with Crippen LogP contribution < -0.4 is 0 Å². The van der Waals surface area contributed by atoms with Gasteiger partial charge in [-0.15, -0.1) is 0 Å². The highest BCUT2D eigenvalue weighted by Crippen LogP contribution is 2.14. The molecule has 0 aromatic rings. The molecule has 0 heterocycles.